The van der Waals surface area contributed by atoms with E-state index in [0.717, 1.165) is 12.8 Å². The standard InChI is InChI=1S/C40H56O4/c1-29(17-13-19-31(3)21-23-39-35(5,6)25-33(41)27-37(39,9)43-39)15-11-12-16-30(2)18-14-20-32(4)22-24-40-36(7,8)26-34(42)28-38(40,10)44-40/h11-24,33-34,41-42H,25-28H2,1-10H3/b12-11+,17-13+,18-14+,23-21+,24-22+,29-15+,30-16+,31-19-,32-20+/t33-,34-,37+,38+,39-,40-/m0/s1. The van der Waals surface area contributed by atoms with Crippen LogP contribution in [-0.2, 0) is 9.47 Å². The first-order chi connectivity index (χ1) is 20.4. The van der Waals surface area contributed by atoms with Gasteiger partial charge in [0.2, 0.25) is 0 Å². The SMILES string of the molecule is CC(=C/C=C/C(C)=C/C=C/C=C(C)/C=C/C=C(C)/C=C/[C@@]12O[C@]1(C)C[C@@H](O)CC2(C)C)/C=C/[C@@]12O[C@]1(C)C[C@@H](O)CC2(C)C. The third-order valence-corrected chi connectivity index (χ3v) is 10.4. The highest BCUT2D eigenvalue weighted by atomic mass is 16.6. The number of epoxide rings is 2. The van der Waals surface area contributed by atoms with Gasteiger partial charge in [-0.3, -0.25) is 0 Å². The molecule has 2 heterocycles. The number of aliphatic hydroxyl groups is 2. The lowest BCUT2D eigenvalue weighted by atomic mass is 9.63. The molecule has 240 valence electrons. The predicted molar refractivity (Wildman–Crippen MR) is 183 cm³/mol. The molecule has 0 unspecified atom stereocenters. The maximum Gasteiger partial charge on any atom is 0.121 e. The van der Waals surface area contributed by atoms with Crippen LogP contribution in [0.25, 0.3) is 0 Å². The van der Waals surface area contributed by atoms with E-state index in [-0.39, 0.29) is 45.4 Å². The Morgan fingerprint density at radius 2 is 0.818 bits per heavy atom. The summed E-state index contributed by atoms with van der Waals surface area (Å²) in [6, 6.07) is 0. The minimum atomic E-state index is -0.294. The Balaban J connectivity index is 1.25. The fourth-order valence-corrected chi connectivity index (χ4v) is 7.99. The van der Waals surface area contributed by atoms with Gasteiger partial charge in [-0.25, -0.2) is 0 Å². The van der Waals surface area contributed by atoms with Crippen LogP contribution in [0.1, 0.15) is 94.9 Å². The van der Waals surface area contributed by atoms with Crippen LogP contribution in [0, 0.1) is 10.8 Å². The van der Waals surface area contributed by atoms with Gasteiger partial charge in [0.05, 0.1) is 12.2 Å². The van der Waals surface area contributed by atoms with Crippen molar-refractivity contribution in [2.45, 2.75) is 130 Å². The van der Waals surface area contributed by atoms with Gasteiger partial charge in [0.1, 0.15) is 22.4 Å². The number of rotatable bonds is 10. The number of fused-ring (bicyclic) bond motifs is 2. The van der Waals surface area contributed by atoms with Gasteiger partial charge in [0.25, 0.3) is 0 Å². The molecule has 0 spiro atoms. The zero-order chi connectivity index (χ0) is 32.6. The molecule has 0 bridgehead atoms. The molecule has 44 heavy (non-hydrogen) atoms. The normalized spacial score (nSPS) is 39.2. The first-order valence-corrected chi connectivity index (χ1v) is 16.3. The lowest BCUT2D eigenvalue weighted by molar-refractivity contribution is 0.0510. The molecule has 4 nitrogen and oxygen atoms in total. The topological polar surface area (TPSA) is 65.5 Å². The largest absolute Gasteiger partial charge is 0.393 e. The van der Waals surface area contributed by atoms with Crippen LogP contribution in [-0.4, -0.2) is 44.8 Å². The van der Waals surface area contributed by atoms with E-state index in [1.54, 1.807) is 0 Å². The molecular formula is C40H56O4. The minimum Gasteiger partial charge on any atom is -0.393 e. The van der Waals surface area contributed by atoms with Gasteiger partial charge in [0.15, 0.2) is 0 Å². The van der Waals surface area contributed by atoms with Crippen molar-refractivity contribution in [1.82, 2.24) is 0 Å². The number of aliphatic hydroxyl groups excluding tert-OH is 2. The van der Waals surface area contributed by atoms with Crippen molar-refractivity contribution in [2.24, 2.45) is 10.8 Å². The molecule has 2 aliphatic heterocycles. The van der Waals surface area contributed by atoms with Crippen LogP contribution < -0.4 is 0 Å². The summed E-state index contributed by atoms with van der Waals surface area (Å²) in [5.41, 5.74) is 3.36. The molecule has 0 amide bonds. The van der Waals surface area contributed by atoms with E-state index in [0.29, 0.717) is 12.8 Å². The van der Waals surface area contributed by atoms with Crippen molar-refractivity contribution in [1.29, 1.82) is 0 Å². The second kappa shape index (κ2) is 12.4. The average Bonchev–Trinajstić information content (AvgIpc) is 3.73. The fourth-order valence-electron chi connectivity index (χ4n) is 7.99. The molecule has 0 aromatic carbocycles. The third-order valence-electron chi connectivity index (χ3n) is 10.4. The summed E-state index contributed by atoms with van der Waals surface area (Å²) in [5.74, 6) is 0. The molecule has 2 N–H and O–H groups in total. The van der Waals surface area contributed by atoms with Gasteiger partial charge >= 0.3 is 0 Å². The van der Waals surface area contributed by atoms with Gasteiger partial charge in [-0.15, -0.1) is 0 Å². The number of ether oxygens (including phenoxy) is 2. The molecule has 2 aliphatic carbocycles. The summed E-state index contributed by atoms with van der Waals surface area (Å²) in [5, 5.41) is 20.5. The van der Waals surface area contributed by atoms with E-state index in [1.807, 2.05) is 0 Å². The summed E-state index contributed by atoms with van der Waals surface area (Å²) in [6.45, 7) is 21.4. The number of hydrogen-bond donors (Lipinski definition) is 2. The summed E-state index contributed by atoms with van der Waals surface area (Å²) in [4.78, 5) is 0. The monoisotopic (exact) mass is 600 g/mol. The molecule has 2 saturated carbocycles. The minimum absolute atomic E-state index is 0.0969. The zero-order valence-corrected chi connectivity index (χ0v) is 28.8. The van der Waals surface area contributed by atoms with Gasteiger partial charge in [0, 0.05) is 23.7 Å². The summed E-state index contributed by atoms with van der Waals surface area (Å²) in [7, 11) is 0. The van der Waals surface area contributed by atoms with Gasteiger partial charge in [-0.2, -0.15) is 0 Å². The van der Waals surface area contributed by atoms with Crippen LogP contribution in [0.15, 0.2) is 107 Å². The number of hydrogen-bond acceptors (Lipinski definition) is 4. The Labute approximate surface area is 267 Å². The van der Waals surface area contributed by atoms with Crippen molar-refractivity contribution in [3.8, 4) is 0 Å². The lowest BCUT2D eigenvalue weighted by Crippen LogP contribution is -2.46. The maximum atomic E-state index is 10.3. The van der Waals surface area contributed by atoms with Gasteiger partial charge in [-0.1, -0.05) is 123 Å². The number of allylic oxidation sites excluding steroid dienone is 16. The van der Waals surface area contributed by atoms with Crippen molar-refractivity contribution in [3.05, 3.63) is 107 Å². The fraction of sp³-hybridized carbons (Fsp3) is 0.550. The summed E-state index contributed by atoms with van der Waals surface area (Å²) in [6.07, 6.45) is 32.0. The molecule has 0 radical (unpaired) electrons. The van der Waals surface area contributed by atoms with E-state index < -0.39 is 0 Å². The highest BCUT2D eigenvalue weighted by Gasteiger charge is 2.75. The average molecular weight is 601 g/mol. The Morgan fingerprint density at radius 1 is 0.500 bits per heavy atom. The Kier molecular flexibility index (Phi) is 9.66. The van der Waals surface area contributed by atoms with Crippen LogP contribution in [0.2, 0.25) is 0 Å². The van der Waals surface area contributed by atoms with Gasteiger partial charge in [-0.05, 0) is 66.5 Å². The van der Waals surface area contributed by atoms with Crippen LogP contribution in [0.4, 0.5) is 0 Å². The molecule has 6 atom stereocenters. The van der Waals surface area contributed by atoms with Crippen LogP contribution >= 0.6 is 0 Å². The smallest absolute Gasteiger partial charge is 0.121 e. The molecule has 0 aromatic heterocycles. The van der Waals surface area contributed by atoms with E-state index in [2.05, 4.69) is 154 Å². The third kappa shape index (κ3) is 6.84. The van der Waals surface area contributed by atoms with Crippen molar-refractivity contribution in [3.63, 3.8) is 0 Å². The van der Waals surface area contributed by atoms with Gasteiger partial charge < -0.3 is 19.7 Å². The molecular weight excluding hydrogens is 544 g/mol. The van der Waals surface area contributed by atoms with E-state index in [4.69, 9.17) is 9.47 Å². The van der Waals surface area contributed by atoms with Crippen molar-refractivity contribution >= 4 is 0 Å². The summed E-state index contributed by atoms with van der Waals surface area (Å²) >= 11 is 0. The first kappa shape index (κ1) is 34.4. The van der Waals surface area contributed by atoms with E-state index in [1.165, 1.54) is 22.3 Å². The Morgan fingerprint density at radius 3 is 1.16 bits per heavy atom. The van der Waals surface area contributed by atoms with Crippen LogP contribution in [0.5, 0.6) is 0 Å². The molecule has 4 aliphatic rings. The molecule has 0 aromatic rings. The molecule has 4 fully saturated rings. The second-order valence-electron chi connectivity index (χ2n) is 15.4. The second-order valence-corrected chi connectivity index (χ2v) is 15.4. The molecule has 4 heteroatoms. The lowest BCUT2D eigenvalue weighted by Gasteiger charge is -2.39. The maximum absolute atomic E-state index is 10.3. The van der Waals surface area contributed by atoms with E-state index in [9.17, 15) is 10.2 Å². The highest BCUT2D eigenvalue weighted by molar-refractivity contribution is 5.38. The first-order valence-electron chi connectivity index (χ1n) is 16.3. The zero-order valence-electron chi connectivity index (χ0n) is 28.8. The Bertz CT molecular complexity index is 1270. The van der Waals surface area contributed by atoms with E-state index >= 15 is 0 Å². The highest BCUT2D eigenvalue weighted by Crippen LogP contribution is 2.67. The predicted octanol–water partition coefficient (Wildman–Crippen LogP) is 8.97. The van der Waals surface area contributed by atoms with Crippen molar-refractivity contribution < 1.29 is 19.7 Å². The Hall–Kier alpha value is -2.50. The molecule has 2 saturated heterocycles. The summed E-state index contributed by atoms with van der Waals surface area (Å²) < 4.78 is 12.5. The van der Waals surface area contributed by atoms with Crippen molar-refractivity contribution in [2.75, 3.05) is 0 Å². The molecule has 4 rings (SSSR count). The van der Waals surface area contributed by atoms with Crippen LogP contribution in [0.3, 0.4) is 0 Å². The quantitative estimate of drug-likeness (QED) is 0.194.